The van der Waals surface area contributed by atoms with E-state index in [-0.39, 0.29) is 24.4 Å². The number of benzene rings is 1. The van der Waals surface area contributed by atoms with E-state index < -0.39 is 0 Å². The van der Waals surface area contributed by atoms with Crippen LogP contribution in [0.5, 0.6) is 0 Å². The molecule has 0 aliphatic carbocycles. The van der Waals surface area contributed by atoms with Crippen molar-refractivity contribution in [2.75, 3.05) is 13.1 Å². The first-order chi connectivity index (χ1) is 11.5. The molecule has 136 valence electrons. The molecule has 6 nitrogen and oxygen atoms in total. The second-order valence-electron chi connectivity index (χ2n) is 6.78. The summed E-state index contributed by atoms with van der Waals surface area (Å²) in [6.07, 6.45) is 1.27. The van der Waals surface area contributed by atoms with Crippen LogP contribution in [0.3, 0.4) is 0 Å². The number of amides is 1. The molecule has 1 aliphatic heterocycles. The fourth-order valence-corrected chi connectivity index (χ4v) is 3.36. The maximum absolute atomic E-state index is 12.6. The minimum absolute atomic E-state index is 0. The normalized spacial score (nSPS) is 19.8. The number of nitrogens with two attached hydrogens (primary N) is 1. The molecule has 0 spiro atoms. The topological polar surface area (TPSA) is 77.0 Å². The number of carbonyl (C=O) groups excluding carboxylic acids is 1. The van der Waals surface area contributed by atoms with E-state index in [4.69, 9.17) is 5.73 Å². The van der Waals surface area contributed by atoms with Crippen molar-refractivity contribution in [1.82, 2.24) is 19.9 Å². The SMILES string of the molecule is Cc1ccc(-n2nnc(CC(=O)N3CC(CN)CC3C)c2C)cc1.Cl. The highest BCUT2D eigenvalue weighted by molar-refractivity contribution is 5.85. The third-order valence-corrected chi connectivity index (χ3v) is 4.90. The van der Waals surface area contributed by atoms with Crippen molar-refractivity contribution in [1.29, 1.82) is 0 Å². The first-order valence-corrected chi connectivity index (χ1v) is 8.47. The molecule has 2 unspecified atom stereocenters. The van der Waals surface area contributed by atoms with Crippen molar-refractivity contribution in [3.8, 4) is 5.69 Å². The van der Waals surface area contributed by atoms with Crippen molar-refractivity contribution >= 4 is 18.3 Å². The highest BCUT2D eigenvalue weighted by Gasteiger charge is 2.32. The van der Waals surface area contributed by atoms with Crippen LogP contribution >= 0.6 is 12.4 Å². The summed E-state index contributed by atoms with van der Waals surface area (Å²) in [4.78, 5) is 14.6. The summed E-state index contributed by atoms with van der Waals surface area (Å²) in [6, 6.07) is 8.35. The van der Waals surface area contributed by atoms with Crippen LogP contribution in [0, 0.1) is 19.8 Å². The highest BCUT2D eigenvalue weighted by Crippen LogP contribution is 2.23. The molecular formula is C18H26ClN5O. The van der Waals surface area contributed by atoms with Gasteiger partial charge in [0, 0.05) is 12.6 Å². The lowest BCUT2D eigenvalue weighted by Crippen LogP contribution is -2.35. The second kappa shape index (κ2) is 7.97. The zero-order chi connectivity index (χ0) is 17.3. The van der Waals surface area contributed by atoms with E-state index in [1.54, 1.807) is 4.68 Å². The largest absolute Gasteiger partial charge is 0.339 e. The number of aryl methyl sites for hydroxylation is 1. The number of rotatable bonds is 4. The van der Waals surface area contributed by atoms with Gasteiger partial charge in [-0.15, -0.1) is 17.5 Å². The van der Waals surface area contributed by atoms with Crippen LogP contribution in [0.1, 0.15) is 30.3 Å². The van der Waals surface area contributed by atoms with Crippen molar-refractivity contribution in [2.45, 2.75) is 39.7 Å². The fraction of sp³-hybridized carbons (Fsp3) is 0.500. The quantitative estimate of drug-likeness (QED) is 0.901. The Bertz CT molecular complexity index is 728. The maximum Gasteiger partial charge on any atom is 0.228 e. The van der Waals surface area contributed by atoms with E-state index in [1.807, 2.05) is 43.0 Å². The number of hydrogen-bond acceptors (Lipinski definition) is 4. The van der Waals surface area contributed by atoms with Gasteiger partial charge in [0.25, 0.3) is 0 Å². The lowest BCUT2D eigenvalue weighted by molar-refractivity contribution is -0.131. The van der Waals surface area contributed by atoms with Crippen LogP contribution < -0.4 is 5.73 Å². The zero-order valence-electron chi connectivity index (χ0n) is 15.0. The van der Waals surface area contributed by atoms with Gasteiger partial charge in [0.2, 0.25) is 5.91 Å². The smallest absolute Gasteiger partial charge is 0.228 e. The zero-order valence-corrected chi connectivity index (χ0v) is 15.8. The first kappa shape index (κ1) is 19.4. The van der Waals surface area contributed by atoms with Gasteiger partial charge in [-0.05, 0) is 51.8 Å². The molecule has 2 aromatic rings. The van der Waals surface area contributed by atoms with Crippen LogP contribution in [0.25, 0.3) is 5.69 Å². The van der Waals surface area contributed by atoms with Crippen molar-refractivity contribution in [3.05, 3.63) is 41.2 Å². The molecular weight excluding hydrogens is 338 g/mol. The van der Waals surface area contributed by atoms with Crippen molar-refractivity contribution in [3.63, 3.8) is 0 Å². The molecule has 2 heterocycles. The van der Waals surface area contributed by atoms with Gasteiger partial charge < -0.3 is 10.6 Å². The molecule has 3 rings (SSSR count). The molecule has 2 N–H and O–H groups in total. The predicted octanol–water partition coefficient (Wildman–Crippen LogP) is 2.04. The summed E-state index contributed by atoms with van der Waals surface area (Å²) in [7, 11) is 0. The number of halogens is 1. The molecule has 1 fully saturated rings. The number of carbonyl (C=O) groups is 1. The number of aromatic nitrogens is 3. The van der Waals surface area contributed by atoms with E-state index in [1.165, 1.54) is 5.56 Å². The summed E-state index contributed by atoms with van der Waals surface area (Å²) < 4.78 is 1.79. The minimum Gasteiger partial charge on any atom is -0.339 e. The third kappa shape index (κ3) is 4.02. The Hall–Kier alpha value is -1.92. The summed E-state index contributed by atoms with van der Waals surface area (Å²) in [5.41, 5.74) is 9.56. The Labute approximate surface area is 154 Å². The third-order valence-electron chi connectivity index (χ3n) is 4.90. The summed E-state index contributed by atoms with van der Waals surface area (Å²) >= 11 is 0. The monoisotopic (exact) mass is 363 g/mol. The van der Waals surface area contributed by atoms with Gasteiger partial charge in [0.05, 0.1) is 23.5 Å². The van der Waals surface area contributed by atoms with E-state index in [9.17, 15) is 4.79 Å². The lowest BCUT2D eigenvalue weighted by atomic mass is 10.1. The molecule has 1 amide bonds. The predicted molar refractivity (Wildman–Crippen MR) is 100 cm³/mol. The van der Waals surface area contributed by atoms with Gasteiger partial charge in [-0.3, -0.25) is 4.79 Å². The molecule has 7 heteroatoms. The number of nitrogens with zero attached hydrogens (tertiary/aromatic N) is 4. The summed E-state index contributed by atoms with van der Waals surface area (Å²) in [5.74, 6) is 0.519. The maximum atomic E-state index is 12.6. The average molecular weight is 364 g/mol. The van der Waals surface area contributed by atoms with Crippen molar-refractivity contribution < 1.29 is 4.79 Å². The summed E-state index contributed by atoms with van der Waals surface area (Å²) in [6.45, 7) is 7.48. The molecule has 0 saturated carbocycles. The van der Waals surface area contributed by atoms with Gasteiger partial charge in [-0.25, -0.2) is 4.68 Å². The summed E-state index contributed by atoms with van der Waals surface area (Å²) in [5, 5.41) is 8.45. The van der Waals surface area contributed by atoms with Crippen LogP contribution in [0.2, 0.25) is 0 Å². The fourth-order valence-electron chi connectivity index (χ4n) is 3.36. The lowest BCUT2D eigenvalue weighted by Gasteiger charge is -2.21. The first-order valence-electron chi connectivity index (χ1n) is 8.47. The molecule has 1 aromatic heterocycles. The Kier molecular flexibility index (Phi) is 6.19. The van der Waals surface area contributed by atoms with Gasteiger partial charge in [0.15, 0.2) is 0 Å². The van der Waals surface area contributed by atoms with Crippen LogP contribution in [-0.4, -0.2) is 44.9 Å². The van der Waals surface area contributed by atoms with E-state index in [2.05, 4.69) is 17.2 Å². The van der Waals surface area contributed by atoms with Gasteiger partial charge >= 0.3 is 0 Å². The second-order valence-corrected chi connectivity index (χ2v) is 6.78. The highest BCUT2D eigenvalue weighted by atomic mass is 35.5. The Balaban J connectivity index is 0.00000225. The molecule has 2 atom stereocenters. The standard InChI is InChI=1S/C18H25N5O.ClH/c1-12-4-6-16(7-5-12)23-14(3)17(20-21-23)9-18(24)22-11-15(10-19)8-13(22)2;/h4-7,13,15H,8-11,19H2,1-3H3;1H. The minimum atomic E-state index is 0. The van der Waals surface area contributed by atoms with Crippen LogP contribution in [0.4, 0.5) is 0 Å². The van der Waals surface area contributed by atoms with Gasteiger partial charge in [-0.1, -0.05) is 22.9 Å². The molecule has 0 radical (unpaired) electrons. The van der Waals surface area contributed by atoms with Crippen LogP contribution in [-0.2, 0) is 11.2 Å². The van der Waals surface area contributed by atoms with E-state index in [0.717, 1.165) is 30.0 Å². The Morgan fingerprint density at radius 2 is 1.96 bits per heavy atom. The molecule has 0 bridgehead atoms. The Morgan fingerprint density at radius 1 is 1.28 bits per heavy atom. The van der Waals surface area contributed by atoms with Gasteiger partial charge in [-0.2, -0.15) is 0 Å². The Morgan fingerprint density at radius 3 is 2.56 bits per heavy atom. The van der Waals surface area contributed by atoms with E-state index >= 15 is 0 Å². The van der Waals surface area contributed by atoms with Gasteiger partial charge in [0.1, 0.15) is 0 Å². The molecule has 1 aromatic carbocycles. The number of likely N-dealkylation sites (tertiary alicyclic amines) is 1. The van der Waals surface area contributed by atoms with Crippen molar-refractivity contribution in [2.24, 2.45) is 11.7 Å². The molecule has 1 saturated heterocycles. The van der Waals surface area contributed by atoms with E-state index in [0.29, 0.717) is 18.9 Å². The molecule has 1 aliphatic rings. The molecule has 25 heavy (non-hydrogen) atoms. The van der Waals surface area contributed by atoms with Crippen LogP contribution in [0.15, 0.2) is 24.3 Å². The number of hydrogen-bond donors (Lipinski definition) is 1. The average Bonchev–Trinajstić information content (AvgIpc) is 3.12.